The zero-order valence-electron chi connectivity index (χ0n) is 25.8. The molecule has 0 aliphatic rings. The average molecular weight is 663 g/mol. The molecule has 7 N–H and O–H groups in total. The monoisotopic (exact) mass is 662 g/mol. The molecule has 4 amide bonds. The smallest absolute Gasteiger partial charge is 0.251 e. The summed E-state index contributed by atoms with van der Waals surface area (Å²) in [6.07, 6.45) is 0. The van der Waals surface area contributed by atoms with Gasteiger partial charge in [-0.2, -0.15) is 0 Å². The highest BCUT2D eigenvalue weighted by Gasteiger charge is 2.39. The third-order valence-electron chi connectivity index (χ3n) is 7.20. The number of halogens is 1. The van der Waals surface area contributed by atoms with E-state index in [1.807, 2.05) is 6.07 Å². The van der Waals surface area contributed by atoms with Crippen molar-refractivity contribution in [2.75, 3.05) is 6.54 Å². The Labute approximate surface area is 275 Å². The molecule has 0 bridgehead atoms. The van der Waals surface area contributed by atoms with Crippen molar-refractivity contribution in [3.05, 3.63) is 88.9 Å². The average Bonchev–Trinajstić information content (AvgIpc) is 3.45. The van der Waals surface area contributed by atoms with Gasteiger partial charge in [-0.1, -0.05) is 72.8 Å². The lowest BCUT2D eigenvalue weighted by molar-refractivity contribution is -0.134. The molecule has 14 nitrogen and oxygen atoms in total. The Morgan fingerprint density at radius 1 is 0.894 bits per heavy atom. The van der Waals surface area contributed by atoms with Crippen LogP contribution < -0.4 is 32.3 Å². The third kappa shape index (κ3) is 8.48. The molecule has 15 heteroatoms. The molecule has 0 saturated carbocycles. The van der Waals surface area contributed by atoms with E-state index >= 15 is 0 Å². The van der Waals surface area contributed by atoms with Crippen molar-refractivity contribution in [3.8, 4) is 5.75 Å². The van der Waals surface area contributed by atoms with E-state index in [9.17, 15) is 24.0 Å². The number of rotatable bonds is 14. The first kappa shape index (κ1) is 34.5. The second-order valence-electron chi connectivity index (χ2n) is 11.1. The number of amides is 4. The van der Waals surface area contributed by atoms with Gasteiger partial charge in [0.15, 0.2) is 11.5 Å². The number of benzene rings is 3. The molecular weight excluding hydrogens is 628 g/mol. The molecule has 0 aliphatic heterocycles. The Morgan fingerprint density at radius 2 is 1.57 bits per heavy atom. The van der Waals surface area contributed by atoms with Crippen LogP contribution in [0.1, 0.15) is 42.6 Å². The van der Waals surface area contributed by atoms with Gasteiger partial charge in [0.05, 0.1) is 23.5 Å². The highest BCUT2D eigenvalue weighted by molar-refractivity contribution is 6.32. The van der Waals surface area contributed by atoms with Crippen LogP contribution in [0.5, 0.6) is 5.75 Å². The van der Waals surface area contributed by atoms with Gasteiger partial charge in [-0.25, -0.2) is 0 Å². The molecular formula is C32H35ClN8O6. The van der Waals surface area contributed by atoms with Crippen LogP contribution >= 0.6 is 11.6 Å². The predicted molar refractivity (Wildman–Crippen MR) is 173 cm³/mol. The van der Waals surface area contributed by atoms with Gasteiger partial charge in [-0.05, 0) is 54.0 Å². The zero-order valence-corrected chi connectivity index (χ0v) is 26.6. The van der Waals surface area contributed by atoms with Gasteiger partial charge >= 0.3 is 0 Å². The van der Waals surface area contributed by atoms with Crippen LogP contribution in [0.15, 0.2) is 72.8 Å². The molecule has 47 heavy (non-hydrogen) atoms. The van der Waals surface area contributed by atoms with Crippen molar-refractivity contribution in [2.45, 2.75) is 44.8 Å². The lowest BCUT2D eigenvalue weighted by Gasteiger charge is -2.30. The Hall–Kier alpha value is -5.34. The van der Waals surface area contributed by atoms with Crippen LogP contribution in [0.25, 0.3) is 11.0 Å². The summed E-state index contributed by atoms with van der Waals surface area (Å²) < 4.78 is 0. The highest BCUT2D eigenvalue weighted by atomic mass is 35.5. The minimum absolute atomic E-state index is 0.0917. The number of hydrogen-bond donors (Lipinski definition) is 5. The summed E-state index contributed by atoms with van der Waals surface area (Å²) in [6, 6.07) is 16.1. The number of para-hydroxylation sites is 1. The van der Waals surface area contributed by atoms with E-state index in [1.165, 1.54) is 30.0 Å². The third-order valence-corrected chi connectivity index (χ3v) is 7.50. The standard InChI is InChI=1S/C32H35ClN8O6/c1-17(2)27(37-30(44)20-13-14-24(21(33)15-20)47-41-23-12-8-7-11-22(23)39-40-41)32(46)38-28(31(45)36-16-25(35)42)26(29(43)18(3)34)19-9-5-4-6-10-19/h4-15,17-18,26-28H,16,34H2,1-3H3,(H2,35,42)(H,36,45)(H,37,44)(H,38,46). The summed E-state index contributed by atoms with van der Waals surface area (Å²) in [6.45, 7) is 4.32. The Balaban J connectivity index is 1.56. The van der Waals surface area contributed by atoms with E-state index in [4.69, 9.17) is 27.9 Å². The molecule has 0 saturated heterocycles. The summed E-state index contributed by atoms with van der Waals surface area (Å²) in [5.74, 6) is -5.07. The molecule has 3 aromatic carbocycles. The molecule has 4 unspecified atom stereocenters. The number of primary amides is 1. The summed E-state index contributed by atoms with van der Waals surface area (Å²) in [5, 5.41) is 15.7. The summed E-state index contributed by atoms with van der Waals surface area (Å²) in [4.78, 5) is 72.2. The molecule has 246 valence electrons. The molecule has 1 aromatic heterocycles. The van der Waals surface area contributed by atoms with Crippen LogP contribution in [0.3, 0.4) is 0 Å². The Bertz CT molecular complexity index is 1780. The molecule has 1 heterocycles. The maximum absolute atomic E-state index is 13.7. The quantitative estimate of drug-likeness (QED) is 0.132. The summed E-state index contributed by atoms with van der Waals surface area (Å²) >= 11 is 6.44. The van der Waals surface area contributed by atoms with Gasteiger partial charge < -0.3 is 32.3 Å². The van der Waals surface area contributed by atoms with Crippen molar-refractivity contribution in [1.82, 2.24) is 31.1 Å². The molecule has 4 aromatic rings. The van der Waals surface area contributed by atoms with Crippen LogP contribution in [-0.2, 0) is 19.2 Å². The molecule has 0 radical (unpaired) electrons. The van der Waals surface area contributed by atoms with E-state index in [-0.39, 0.29) is 16.3 Å². The van der Waals surface area contributed by atoms with Gasteiger partial charge in [0.25, 0.3) is 5.91 Å². The number of Topliss-reactive ketones (excluding diaryl/α,β-unsaturated/α-hetero) is 1. The molecule has 4 atom stereocenters. The van der Waals surface area contributed by atoms with Gasteiger partial charge in [-0.15, -0.1) is 5.10 Å². The van der Waals surface area contributed by atoms with Crippen LogP contribution in [-0.4, -0.2) is 69.2 Å². The summed E-state index contributed by atoms with van der Waals surface area (Å²) in [5.41, 5.74) is 12.9. The van der Waals surface area contributed by atoms with Gasteiger partial charge in [0.2, 0.25) is 17.7 Å². The molecule has 0 spiro atoms. The van der Waals surface area contributed by atoms with E-state index < -0.39 is 65.9 Å². The topological polar surface area (TPSA) is 213 Å². The Kier molecular flexibility index (Phi) is 11.2. The van der Waals surface area contributed by atoms with Gasteiger partial charge in [0, 0.05) is 5.56 Å². The first-order valence-electron chi connectivity index (χ1n) is 14.7. The van der Waals surface area contributed by atoms with Crippen molar-refractivity contribution in [2.24, 2.45) is 17.4 Å². The van der Waals surface area contributed by atoms with E-state index in [0.29, 0.717) is 16.6 Å². The fraction of sp³-hybridized carbons (Fsp3) is 0.281. The van der Waals surface area contributed by atoms with Crippen molar-refractivity contribution in [1.29, 1.82) is 0 Å². The minimum atomic E-state index is -1.50. The fourth-order valence-electron chi connectivity index (χ4n) is 4.78. The highest BCUT2D eigenvalue weighted by Crippen LogP contribution is 2.27. The van der Waals surface area contributed by atoms with Crippen molar-refractivity contribution in [3.63, 3.8) is 0 Å². The van der Waals surface area contributed by atoms with Gasteiger partial charge in [0.1, 0.15) is 23.1 Å². The lowest BCUT2D eigenvalue weighted by atomic mass is 9.84. The number of nitrogens with zero attached hydrogens (tertiary/aromatic N) is 3. The van der Waals surface area contributed by atoms with E-state index in [0.717, 1.165) is 0 Å². The second kappa shape index (κ2) is 15.3. The van der Waals surface area contributed by atoms with Crippen LogP contribution in [0, 0.1) is 5.92 Å². The number of carbonyl (C=O) groups is 5. The lowest BCUT2D eigenvalue weighted by Crippen LogP contribution is -2.59. The second-order valence-corrected chi connectivity index (χ2v) is 11.5. The van der Waals surface area contributed by atoms with Crippen molar-refractivity contribution < 1.29 is 28.8 Å². The SMILES string of the molecule is CC(N)C(=O)C(c1ccccc1)C(NC(=O)C(NC(=O)c1ccc(On2nnc3ccccc32)c(Cl)c1)C(C)C)C(=O)NCC(N)=O. The van der Waals surface area contributed by atoms with E-state index in [2.05, 4.69) is 26.3 Å². The number of nitrogens with one attached hydrogen (secondary N) is 3. The maximum atomic E-state index is 13.7. The first-order valence-corrected chi connectivity index (χ1v) is 15.0. The molecule has 0 aliphatic carbocycles. The number of ketones is 1. The van der Waals surface area contributed by atoms with Gasteiger partial charge in [-0.3, -0.25) is 24.0 Å². The zero-order chi connectivity index (χ0) is 34.2. The fourth-order valence-corrected chi connectivity index (χ4v) is 4.99. The minimum Gasteiger partial charge on any atom is -0.368 e. The summed E-state index contributed by atoms with van der Waals surface area (Å²) in [7, 11) is 0. The maximum Gasteiger partial charge on any atom is 0.251 e. The number of hydrogen-bond acceptors (Lipinski definition) is 9. The number of nitrogens with two attached hydrogens (primary N) is 2. The predicted octanol–water partition coefficient (Wildman–Crippen LogP) is 1.47. The molecule has 4 rings (SSSR count). The largest absolute Gasteiger partial charge is 0.368 e. The molecule has 0 fully saturated rings. The number of carbonyl (C=O) groups excluding carboxylic acids is 5. The normalized spacial score (nSPS) is 13.7. The van der Waals surface area contributed by atoms with E-state index in [1.54, 1.807) is 62.4 Å². The number of fused-ring (bicyclic) bond motifs is 1. The first-order chi connectivity index (χ1) is 22.4. The Morgan fingerprint density at radius 3 is 2.21 bits per heavy atom. The van der Waals surface area contributed by atoms with Crippen LogP contribution in [0.2, 0.25) is 5.02 Å². The van der Waals surface area contributed by atoms with Crippen LogP contribution in [0.4, 0.5) is 0 Å². The number of aromatic nitrogens is 3. The van der Waals surface area contributed by atoms with Crippen molar-refractivity contribution >= 4 is 52.0 Å².